The Morgan fingerprint density at radius 3 is 2.40 bits per heavy atom. The number of hydrogen-bond acceptors (Lipinski definition) is 3. The Hall–Kier alpha value is -1.84. The third-order valence-corrected chi connectivity index (χ3v) is 4.52. The molecule has 0 amide bonds. The lowest BCUT2D eigenvalue weighted by atomic mass is 10.1. The monoisotopic (exact) mass is 419 g/mol. The van der Waals surface area contributed by atoms with Crippen molar-refractivity contribution in [3.05, 3.63) is 34.4 Å². The van der Waals surface area contributed by atoms with Crippen LogP contribution in [0.3, 0.4) is 0 Å². The van der Waals surface area contributed by atoms with Crippen molar-refractivity contribution in [2.24, 2.45) is 0 Å². The molecule has 6 heteroatoms. The van der Waals surface area contributed by atoms with Crippen molar-refractivity contribution in [2.45, 2.75) is 46.0 Å². The van der Waals surface area contributed by atoms with Gasteiger partial charge in [-0.1, -0.05) is 41.6 Å². The van der Waals surface area contributed by atoms with Crippen LogP contribution in [0.2, 0.25) is 19.6 Å². The molecule has 132 valence electrons. The summed E-state index contributed by atoms with van der Waals surface area (Å²) in [6.45, 7) is 11.6. The third-order valence-electron chi connectivity index (χ3n) is 3.15. The summed E-state index contributed by atoms with van der Waals surface area (Å²) < 4.78 is 7.63. The molecule has 0 aliphatic carbocycles. The zero-order valence-electron chi connectivity index (χ0n) is 15.4. The topological polar surface area (TPSA) is 48.3 Å². The fourth-order valence-electron chi connectivity index (χ4n) is 2.15. The van der Waals surface area contributed by atoms with Gasteiger partial charge in [0.1, 0.15) is 13.7 Å². The quantitative estimate of drug-likeness (QED) is 0.360. The molecule has 0 spiro atoms. The van der Waals surface area contributed by atoms with E-state index in [0.29, 0.717) is 16.5 Å². The molecule has 25 heavy (non-hydrogen) atoms. The number of carbonyl (C=O) groups excluding carboxylic acids is 2. The smallest absolute Gasteiger partial charge is 0.419 e. The number of hydrogen-bond donors (Lipinski definition) is 0. The van der Waals surface area contributed by atoms with Crippen LogP contribution >= 0.6 is 15.9 Å². The van der Waals surface area contributed by atoms with E-state index in [0.717, 1.165) is 4.47 Å². The van der Waals surface area contributed by atoms with Crippen molar-refractivity contribution < 1.29 is 14.3 Å². The highest BCUT2D eigenvalue weighted by Crippen LogP contribution is 2.26. The summed E-state index contributed by atoms with van der Waals surface area (Å²) in [6.07, 6.45) is 1.000. The van der Waals surface area contributed by atoms with Crippen molar-refractivity contribution in [3.63, 3.8) is 0 Å². The zero-order chi connectivity index (χ0) is 19.0. The van der Waals surface area contributed by atoms with E-state index in [2.05, 4.69) is 47.0 Å². The van der Waals surface area contributed by atoms with E-state index < -0.39 is 19.8 Å². The van der Waals surface area contributed by atoms with Crippen LogP contribution < -0.4 is 0 Å². The Labute approximate surface area is 157 Å². The second-order valence-corrected chi connectivity index (χ2v) is 13.5. The molecular formula is C19H22BrNO3Si. The van der Waals surface area contributed by atoms with E-state index in [-0.39, 0.29) is 5.78 Å². The molecule has 1 aromatic carbocycles. The second-order valence-electron chi connectivity index (χ2n) is 7.88. The number of aromatic nitrogens is 1. The molecule has 0 N–H and O–H groups in total. The van der Waals surface area contributed by atoms with Gasteiger partial charge in [-0.15, -0.1) is 5.54 Å². The van der Waals surface area contributed by atoms with E-state index in [1.54, 1.807) is 26.8 Å². The number of ether oxygens (including phenoxy) is 1. The molecule has 0 saturated carbocycles. The predicted octanol–water partition coefficient (Wildman–Crippen LogP) is 5.25. The van der Waals surface area contributed by atoms with E-state index in [4.69, 9.17) is 4.74 Å². The molecule has 4 nitrogen and oxygen atoms in total. The van der Waals surface area contributed by atoms with Crippen molar-refractivity contribution >= 4 is 46.8 Å². The van der Waals surface area contributed by atoms with Crippen LogP contribution in [0.5, 0.6) is 0 Å². The highest BCUT2D eigenvalue weighted by molar-refractivity contribution is 9.10. The van der Waals surface area contributed by atoms with Gasteiger partial charge in [0.05, 0.1) is 11.1 Å². The maximum absolute atomic E-state index is 12.6. The summed E-state index contributed by atoms with van der Waals surface area (Å²) in [5.41, 5.74) is 3.48. The fraction of sp³-hybridized carbons (Fsp3) is 0.368. The van der Waals surface area contributed by atoms with Crippen molar-refractivity contribution in [2.75, 3.05) is 0 Å². The van der Waals surface area contributed by atoms with E-state index in [1.165, 1.54) is 10.8 Å². The molecule has 0 radical (unpaired) electrons. The van der Waals surface area contributed by atoms with E-state index >= 15 is 0 Å². The zero-order valence-corrected chi connectivity index (χ0v) is 17.9. The largest absolute Gasteiger partial charge is 0.443 e. The minimum Gasteiger partial charge on any atom is -0.443 e. The minimum atomic E-state index is -1.66. The highest BCUT2D eigenvalue weighted by atomic mass is 79.9. The molecule has 0 bridgehead atoms. The minimum absolute atomic E-state index is 0.281. The molecule has 0 fully saturated rings. The Kier molecular flexibility index (Phi) is 5.31. The van der Waals surface area contributed by atoms with Gasteiger partial charge in [0.2, 0.25) is 5.78 Å². The first-order valence-electron chi connectivity index (χ1n) is 7.99. The molecule has 0 aliphatic rings. The number of fused-ring (bicyclic) bond motifs is 1. The molecule has 1 aromatic heterocycles. The number of halogens is 1. The average molecular weight is 420 g/mol. The SMILES string of the molecule is CC(C)(C)OC(=O)n1cc(C(=O)C#C[Si](C)(C)C)c2ccc(Br)cc21. The average Bonchev–Trinajstić information content (AvgIpc) is 2.81. The first kappa shape index (κ1) is 19.5. The molecule has 1 heterocycles. The van der Waals surface area contributed by atoms with Gasteiger partial charge >= 0.3 is 6.09 Å². The summed E-state index contributed by atoms with van der Waals surface area (Å²) in [4.78, 5) is 25.1. The lowest BCUT2D eigenvalue weighted by molar-refractivity contribution is 0.0544. The summed E-state index contributed by atoms with van der Waals surface area (Å²) in [5.74, 6) is 2.46. The van der Waals surface area contributed by atoms with Crippen LogP contribution in [0.25, 0.3) is 10.9 Å². The van der Waals surface area contributed by atoms with Gasteiger partial charge in [0.15, 0.2) is 0 Å². The van der Waals surface area contributed by atoms with Crippen LogP contribution in [-0.4, -0.2) is 30.1 Å². The predicted molar refractivity (Wildman–Crippen MR) is 107 cm³/mol. The van der Waals surface area contributed by atoms with Gasteiger partial charge in [-0.2, -0.15) is 0 Å². The molecule has 0 saturated heterocycles. The number of rotatable bonds is 1. The number of carbonyl (C=O) groups is 2. The standard InChI is InChI=1S/C19H22BrNO3Si/c1-19(2,3)24-18(23)21-12-15(17(22)9-10-25(4,5)6)14-8-7-13(20)11-16(14)21/h7-8,11-12H,1-6H3. The van der Waals surface area contributed by atoms with Crippen molar-refractivity contribution in [1.82, 2.24) is 4.57 Å². The number of Topliss-reactive ketones (excluding diaryl/α,β-unsaturated/α-hetero) is 1. The van der Waals surface area contributed by atoms with Crippen LogP contribution in [0.1, 0.15) is 31.1 Å². The van der Waals surface area contributed by atoms with Gasteiger partial charge in [-0.05, 0) is 38.8 Å². The van der Waals surface area contributed by atoms with Crippen LogP contribution in [0.4, 0.5) is 4.79 Å². The van der Waals surface area contributed by atoms with Crippen molar-refractivity contribution in [3.8, 4) is 11.5 Å². The summed E-state index contributed by atoms with van der Waals surface area (Å²) >= 11 is 3.41. The Balaban J connectivity index is 2.57. The normalized spacial score (nSPS) is 11.8. The number of nitrogens with zero attached hydrogens (tertiary/aromatic N) is 1. The van der Waals surface area contributed by atoms with Gasteiger partial charge in [0, 0.05) is 16.1 Å². The van der Waals surface area contributed by atoms with Gasteiger partial charge in [0.25, 0.3) is 0 Å². The van der Waals surface area contributed by atoms with Crippen molar-refractivity contribution in [1.29, 1.82) is 0 Å². The number of benzene rings is 1. The van der Waals surface area contributed by atoms with E-state index in [1.807, 2.05) is 12.1 Å². The highest BCUT2D eigenvalue weighted by Gasteiger charge is 2.22. The fourth-order valence-corrected chi connectivity index (χ4v) is 2.99. The van der Waals surface area contributed by atoms with Crippen LogP contribution in [0, 0.1) is 11.5 Å². The van der Waals surface area contributed by atoms with Gasteiger partial charge in [-0.3, -0.25) is 9.36 Å². The Morgan fingerprint density at radius 2 is 1.84 bits per heavy atom. The maximum Gasteiger partial charge on any atom is 0.419 e. The second kappa shape index (κ2) is 6.81. The third kappa shape index (κ3) is 5.07. The first-order chi connectivity index (χ1) is 11.4. The lowest BCUT2D eigenvalue weighted by Gasteiger charge is -2.19. The van der Waals surface area contributed by atoms with Gasteiger partial charge in [-0.25, -0.2) is 4.79 Å². The molecule has 2 rings (SSSR count). The first-order valence-corrected chi connectivity index (χ1v) is 12.3. The molecule has 0 aliphatic heterocycles. The Morgan fingerprint density at radius 1 is 1.20 bits per heavy atom. The maximum atomic E-state index is 12.6. The molecule has 0 unspecified atom stereocenters. The van der Waals surface area contributed by atoms with E-state index in [9.17, 15) is 9.59 Å². The summed E-state index contributed by atoms with van der Waals surface area (Å²) in [6, 6.07) is 5.44. The molecular weight excluding hydrogens is 398 g/mol. The summed E-state index contributed by atoms with van der Waals surface area (Å²) in [5, 5.41) is 0.684. The summed E-state index contributed by atoms with van der Waals surface area (Å²) in [7, 11) is -1.66. The molecule has 0 atom stereocenters. The van der Waals surface area contributed by atoms with Crippen LogP contribution in [-0.2, 0) is 4.74 Å². The number of ketones is 1. The Bertz CT molecular complexity index is 905. The lowest BCUT2D eigenvalue weighted by Crippen LogP contribution is -2.26. The van der Waals surface area contributed by atoms with Gasteiger partial charge < -0.3 is 4.74 Å². The van der Waals surface area contributed by atoms with Crippen LogP contribution in [0.15, 0.2) is 28.9 Å². The molecule has 2 aromatic rings.